The Bertz CT molecular complexity index is 744. The fourth-order valence-electron chi connectivity index (χ4n) is 3.40. The lowest BCUT2D eigenvalue weighted by Gasteiger charge is -2.16. The van der Waals surface area contributed by atoms with Gasteiger partial charge in [0.2, 0.25) is 5.89 Å². The van der Waals surface area contributed by atoms with E-state index in [-0.39, 0.29) is 24.3 Å². The van der Waals surface area contributed by atoms with Crippen LogP contribution < -0.4 is 4.74 Å². The molecule has 0 N–H and O–H groups in total. The number of ether oxygens (including phenoxy) is 2. The maximum Gasteiger partial charge on any atom is 0.260 e. The van der Waals surface area contributed by atoms with E-state index < -0.39 is 0 Å². The molecule has 0 radical (unpaired) electrons. The number of carbonyl (C=O) groups excluding carboxylic acids is 1. The second-order valence-corrected chi connectivity index (χ2v) is 6.99. The summed E-state index contributed by atoms with van der Waals surface area (Å²) in [5.74, 6) is 2.67. The Morgan fingerprint density at radius 1 is 1.27 bits per heavy atom. The number of rotatable bonds is 7. The Morgan fingerprint density at radius 2 is 2.08 bits per heavy atom. The molecule has 1 amide bonds. The highest BCUT2D eigenvalue weighted by atomic mass is 16.5. The minimum absolute atomic E-state index is 0.00984. The predicted molar refractivity (Wildman–Crippen MR) is 92.9 cm³/mol. The molecule has 0 bridgehead atoms. The number of aromatic nitrogens is 2. The van der Waals surface area contributed by atoms with Crippen molar-refractivity contribution in [2.24, 2.45) is 5.92 Å². The van der Waals surface area contributed by atoms with Crippen molar-refractivity contribution in [2.75, 3.05) is 33.4 Å². The number of amides is 1. The van der Waals surface area contributed by atoms with Gasteiger partial charge in [0.1, 0.15) is 5.75 Å². The number of carbonyl (C=O) groups is 1. The molecule has 1 aliphatic carbocycles. The molecule has 2 aliphatic rings. The molecule has 1 saturated heterocycles. The molecule has 138 valence electrons. The second-order valence-electron chi connectivity index (χ2n) is 6.99. The molecule has 7 nitrogen and oxygen atoms in total. The Morgan fingerprint density at radius 3 is 2.81 bits per heavy atom. The summed E-state index contributed by atoms with van der Waals surface area (Å²) in [6.07, 6.45) is 2.26. The molecule has 1 saturated carbocycles. The van der Waals surface area contributed by atoms with Crippen LogP contribution in [0.5, 0.6) is 5.75 Å². The lowest BCUT2D eigenvalue weighted by atomic mass is 9.97. The van der Waals surface area contributed by atoms with Crippen LogP contribution in [0.15, 0.2) is 34.9 Å². The van der Waals surface area contributed by atoms with Crippen LogP contribution in [0, 0.1) is 5.92 Å². The van der Waals surface area contributed by atoms with E-state index in [0.29, 0.717) is 37.3 Å². The van der Waals surface area contributed by atoms with Gasteiger partial charge in [-0.2, -0.15) is 4.98 Å². The summed E-state index contributed by atoms with van der Waals surface area (Å²) in [4.78, 5) is 18.9. The Hall–Kier alpha value is -2.41. The first-order valence-corrected chi connectivity index (χ1v) is 9.02. The molecule has 2 atom stereocenters. The van der Waals surface area contributed by atoms with Gasteiger partial charge >= 0.3 is 0 Å². The maximum absolute atomic E-state index is 12.6. The van der Waals surface area contributed by atoms with Gasteiger partial charge in [0.05, 0.1) is 12.5 Å². The van der Waals surface area contributed by atoms with Crippen LogP contribution in [0.4, 0.5) is 0 Å². The summed E-state index contributed by atoms with van der Waals surface area (Å²) in [7, 11) is 1.67. The Kier molecular flexibility index (Phi) is 4.88. The number of para-hydroxylation sites is 1. The van der Waals surface area contributed by atoms with Crippen LogP contribution in [0.3, 0.4) is 0 Å². The highest BCUT2D eigenvalue weighted by molar-refractivity contribution is 5.78. The fraction of sp³-hybridized carbons (Fsp3) is 0.526. The first-order valence-electron chi connectivity index (χ1n) is 9.02. The van der Waals surface area contributed by atoms with Crippen LogP contribution in [-0.4, -0.2) is 54.4 Å². The second kappa shape index (κ2) is 7.45. The number of likely N-dealkylation sites (tertiary alicyclic amines) is 1. The van der Waals surface area contributed by atoms with Gasteiger partial charge in [-0.05, 0) is 25.0 Å². The maximum atomic E-state index is 12.6. The number of nitrogens with zero attached hydrogens (tertiary/aromatic N) is 3. The molecule has 1 aliphatic heterocycles. The van der Waals surface area contributed by atoms with Crippen molar-refractivity contribution in [3.8, 4) is 5.75 Å². The average Bonchev–Trinajstić information content (AvgIpc) is 3.25. The zero-order valence-corrected chi connectivity index (χ0v) is 14.8. The van der Waals surface area contributed by atoms with E-state index >= 15 is 0 Å². The average molecular weight is 357 g/mol. The molecule has 0 unspecified atom stereocenters. The molecule has 2 fully saturated rings. The van der Waals surface area contributed by atoms with E-state index in [1.165, 1.54) is 0 Å². The molecular formula is C19H23N3O4. The van der Waals surface area contributed by atoms with Gasteiger partial charge < -0.3 is 18.9 Å². The molecule has 26 heavy (non-hydrogen) atoms. The summed E-state index contributed by atoms with van der Waals surface area (Å²) in [5.41, 5.74) is 0. The summed E-state index contributed by atoms with van der Waals surface area (Å²) in [6.45, 7) is 1.73. The largest absolute Gasteiger partial charge is 0.484 e. The van der Waals surface area contributed by atoms with E-state index in [9.17, 15) is 4.79 Å². The molecule has 1 aromatic heterocycles. The van der Waals surface area contributed by atoms with Crippen LogP contribution in [-0.2, 0) is 9.53 Å². The van der Waals surface area contributed by atoms with Crippen molar-refractivity contribution in [2.45, 2.75) is 24.7 Å². The molecule has 4 rings (SSSR count). The van der Waals surface area contributed by atoms with E-state index in [4.69, 9.17) is 14.0 Å². The van der Waals surface area contributed by atoms with Gasteiger partial charge in [-0.3, -0.25) is 4.79 Å². The summed E-state index contributed by atoms with van der Waals surface area (Å²) in [5, 5.41) is 4.11. The van der Waals surface area contributed by atoms with Crippen molar-refractivity contribution in [1.29, 1.82) is 0 Å². The third kappa shape index (κ3) is 3.72. The zero-order valence-electron chi connectivity index (χ0n) is 14.8. The van der Waals surface area contributed by atoms with Crippen molar-refractivity contribution in [1.82, 2.24) is 15.0 Å². The van der Waals surface area contributed by atoms with Gasteiger partial charge in [0.25, 0.3) is 5.91 Å². The summed E-state index contributed by atoms with van der Waals surface area (Å²) < 4.78 is 16.4. The lowest BCUT2D eigenvalue weighted by molar-refractivity contribution is -0.132. The van der Waals surface area contributed by atoms with Crippen LogP contribution in [0.25, 0.3) is 0 Å². The highest BCUT2D eigenvalue weighted by Gasteiger charge is 2.40. The predicted octanol–water partition coefficient (Wildman–Crippen LogP) is 2.21. The normalized spacial score (nSPS) is 22.6. The minimum Gasteiger partial charge on any atom is -0.484 e. The van der Waals surface area contributed by atoms with Crippen molar-refractivity contribution < 1.29 is 18.8 Å². The van der Waals surface area contributed by atoms with Gasteiger partial charge in [0.15, 0.2) is 12.4 Å². The van der Waals surface area contributed by atoms with Crippen LogP contribution in [0.2, 0.25) is 0 Å². The van der Waals surface area contributed by atoms with Crippen molar-refractivity contribution in [3.63, 3.8) is 0 Å². The zero-order chi connectivity index (χ0) is 17.9. The number of methoxy groups -OCH3 is 1. The molecule has 7 heteroatoms. The number of hydrogen-bond acceptors (Lipinski definition) is 6. The first-order chi connectivity index (χ1) is 12.7. The smallest absolute Gasteiger partial charge is 0.260 e. The van der Waals surface area contributed by atoms with Gasteiger partial charge in [-0.1, -0.05) is 23.4 Å². The van der Waals surface area contributed by atoms with E-state index in [2.05, 4.69) is 10.1 Å². The quantitative estimate of drug-likeness (QED) is 0.756. The molecule has 2 aromatic rings. The highest BCUT2D eigenvalue weighted by Crippen LogP contribution is 2.40. The third-order valence-corrected chi connectivity index (χ3v) is 5.00. The summed E-state index contributed by atoms with van der Waals surface area (Å²) in [6, 6.07) is 9.35. The fourth-order valence-corrected chi connectivity index (χ4v) is 3.40. The monoisotopic (exact) mass is 357 g/mol. The van der Waals surface area contributed by atoms with Crippen molar-refractivity contribution >= 4 is 5.91 Å². The van der Waals surface area contributed by atoms with Crippen molar-refractivity contribution in [3.05, 3.63) is 42.0 Å². The lowest BCUT2D eigenvalue weighted by Crippen LogP contribution is -2.33. The molecule has 2 heterocycles. The number of hydrogen-bond donors (Lipinski definition) is 0. The minimum atomic E-state index is -0.0422. The topological polar surface area (TPSA) is 77.7 Å². The molecule has 0 spiro atoms. The van der Waals surface area contributed by atoms with Gasteiger partial charge in [-0.15, -0.1) is 0 Å². The van der Waals surface area contributed by atoms with Crippen LogP contribution >= 0.6 is 0 Å². The van der Waals surface area contributed by atoms with E-state index in [1.807, 2.05) is 30.3 Å². The Labute approximate surface area is 152 Å². The molecular weight excluding hydrogens is 334 g/mol. The Balaban J connectivity index is 1.40. The standard InChI is InChI=1S/C19H23N3O4/c1-24-11-14-9-22(17(23)12-25-15-5-3-2-4-6-15)10-16(14)19-20-18(21-26-19)13-7-8-13/h2-6,13-14,16H,7-12H2,1H3/t14-,16+/m0/s1. The first kappa shape index (κ1) is 17.0. The van der Waals surface area contributed by atoms with Gasteiger partial charge in [-0.25, -0.2) is 0 Å². The van der Waals surface area contributed by atoms with Crippen LogP contribution in [0.1, 0.15) is 36.4 Å². The summed E-state index contributed by atoms with van der Waals surface area (Å²) >= 11 is 0. The molecule has 1 aromatic carbocycles. The van der Waals surface area contributed by atoms with Gasteiger partial charge in [0, 0.05) is 32.0 Å². The SMILES string of the molecule is COC[C@@H]1CN(C(=O)COc2ccccc2)C[C@H]1c1nc(C2CC2)no1. The third-order valence-electron chi connectivity index (χ3n) is 5.00. The number of benzene rings is 1. The van der Waals surface area contributed by atoms with E-state index in [1.54, 1.807) is 12.0 Å². The van der Waals surface area contributed by atoms with E-state index in [0.717, 1.165) is 18.7 Å².